The third-order valence-electron chi connectivity index (χ3n) is 4.57. The second-order valence-electron chi connectivity index (χ2n) is 5.87. The number of rotatable bonds is 3. The fraction of sp³-hybridized carbons (Fsp3) is 0.368. The molecule has 0 spiro atoms. The van der Waals surface area contributed by atoms with Crippen LogP contribution in [0.3, 0.4) is 0 Å². The van der Waals surface area contributed by atoms with Gasteiger partial charge in [0.2, 0.25) is 0 Å². The van der Waals surface area contributed by atoms with Crippen LogP contribution in [0.4, 0.5) is 0 Å². The molecule has 3 rings (SSSR count). The molecule has 20 heavy (non-hydrogen) atoms. The van der Waals surface area contributed by atoms with Crippen LogP contribution in [0.25, 0.3) is 0 Å². The molecular formula is C19H23N. The van der Waals surface area contributed by atoms with Crippen LogP contribution >= 0.6 is 0 Å². The molecule has 0 radical (unpaired) electrons. The van der Waals surface area contributed by atoms with Gasteiger partial charge in [-0.3, -0.25) is 0 Å². The number of hydrogen-bond donors (Lipinski definition) is 1. The van der Waals surface area contributed by atoms with Crippen molar-refractivity contribution in [2.24, 2.45) is 0 Å². The summed E-state index contributed by atoms with van der Waals surface area (Å²) in [6.45, 7) is 2.15. The summed E-state index contributed by atoms with van der Waals surface area (Å²) in [7, 11) is 2.09. The average molecular weight is 265 g/mol. The fourth-order valence-electron chi connectivity index (χ4n) is 3.51. The Morgan fingerprint density at radius 2 is 1.80 bits per heavy atom. The van der Waals surface area contributed by atoms with Crippen molar-refractivity contribution in [1.82, 2.24) is 5.32 Å². The van der Waals surface area contributed by atoms with E-state index in [2.05, 4.69) is 67.8 Å². The minimum Gasteiger partial charge on any atom is -0.312 e. The average Bonchev–Trinajstić information content (AvgIpc) is 2.50. The van der Waals surface area contributed by atoms with Crippen LogP contribution in [0.2, 0.25) is 0 Å². The second kappa shape index (κ2) is 5.80. The molecule has 2 atom stereocenters. The molecular weight excluding hydrogens is 242 g/mol. The lowest BCUT2D eigenvalue weighted by molar-refractivity contribution is 0.425. The van der Waals surface area contributed by atoms with Gasteiger partial charge in [0.15, 0.2) is 0 Å². The van der Waals surface area contributed by atoms with Crippen molar-refractivity contribution >= 4 is 0 Å². The van der Waals surface area contributed by atoms with Crippen molar-refractivity contribution in [3.05, 3.63) is 70.8 Å². The van der Waals surface area contributed by atoms with Crippen molar-refractivity contribution in [1.29, 1.82) is 0 Å². The molecule has 0 saturated heterocycles. The van der Waals surface area contributed by atoms with Crippen LogP contribution in [0, 0.1) is 6.92 Å². The maximum Gasteiger partial charge on any atom is 0.0387 e. The first-order chi connectivity index (χ1) is 9.79. The zero-order valence-corrected chi connectivity index (χ0v) is 12.4. The normalized spacial score (nSPS) is 19.4. The lowest BCUT2D eigenvalue weighted by Crippen LogP contribution is -2.26. The molecule has 0 bridgehead atoms. The summed E-state index contributed by atoms with van der Waals surface area (Å²) in [6, 6.07) is 18.4. The molecule has 2 aromatic rings. The molecule has 2 aromatic carbocycles. The summed E-state index contributed by atoms with van der Waals surface area (Å²) in [4.78, 5) is 0. The van der Waals surface area contributed by atoms with E-state index in [1.54, 1.807) is 5.56 Å². The highest BCUT2D eigenvalue weighted by molar-refractivity contribution is 5.36. The molecule has 104 valence electrons. The van der Waals surface area contributed by atoms with E-state index in [1.807, 2.05) is 0 Å². The van der Waals surface area contributed by atoms with Gasteiger partial charge in [-0.15, -0.1) is 0 Å². The lowest BCUT2D eigenvalue weighted by Gasteiger charge is -2.32. The van der Waals surface area contributed by atoms with Gasteiger partial charge in [0.1, 0.15) is 0 Å². The van der Waals surface area contributed by atoms with E-state index in [1.165, 1.54) is 36.0 Å². The Balaban J connectivity index is 1.96. The first-order valence-electron chi connectivity index (χ1n) is 7.61. The highest BCUT2D eigenvalue weighted by atomic mass is 14.9. The van der Waals surface area contributed by atoms with Gasteiger partial charge in [-0.2, -0.15) is 0 Å². The fourth-order valence-corrected chi connectivity index (χ4v) is 3.51. The van der Waals surface area contributed by atoms with Gasteiger partial charge in [-0.1, -0.05) is 54.1 Å². The Labute approximate surface area is 122 Å². The van der Waals surface area contributed by atoms with Crippen LogP contribution in [-0.4, -0.2) is 7.05 Å². The minimum absolute atomic E-state index is 0.414. The largest absolute Gasteiger partial charge is 0.312 e. The molecule has 0 saturated carbocycles. The van der Waals surface area contributed by atoms with Crippen molar-refractivity contribution < 1.29 is 0 Å². The maximum atomic E-state index is 3.55. The van der Waals surface area contributed by atoms with E-state index >= 15 is 0 Å². The molecule has 0 aliphatic heterocycles. The van der Waals surface area contributed by atoms with Crippen molar-refractivity contribution in [3.63, 3.8) is 0 Å². The van der Waals surface area contributed by atoms with Gasteiger partial charge in [0, 0.05) is 12.0 Å². The maximum absolute atomic E-state index is 3.55. The molecule has 1 aliphatic rings. The van der Waals surface area contributed by atoms with E-state index in [9.17, 15) is 0 Å². The molecule has 1 heteroatoms. The highest BCUT2D eigenvalue weighted by Gasteiger charge is 2.27. The minimum atomic E-state index is 0.414. The third kappa shape index (κ3) is 2.51. The van der Waals surface area contributed by atoms with E-state index in [4.69, 9.17) is 0 Å². The van der Waals surface area contributed by atoms with E-state index in [0.29, 0.717) is 12.0 Å². The predicted molar refractivity (Wildman–Crippen MR) is 85.1 cm³/mol. The third-order valence-corrected chi connectivity index (χ3v) is 4.57. The van der Waals surface area contributed by atoms with Gasteiger partial charge >= 0.3 is 0 Å². The monoisotopic (exact) mass is 265 g/mol. The lowest BCUT2D eigenvalue weighted by atomic mass is 9.77. The molecule has 0 fully saturated rings. The van der Waals surface area contributed by atoms with Crippen LogP contribution in [0.15, 0.2) is 48.5 Å². The topological polar surface area (TPSA) is 12.0 Å². The Bertz CT molecular complexity index is 571. The Hall–Kier alpha value is -1.60. The summed E-state index contributed by atoms with van der Waals surface area (Å²) in [5, 5.41) is 3.55. The van der Waals surface area contributed by atoms with Gasteiger partial charge in [0.25, 0.3) is 0 Å². The summed E-state index contributed by atoms with van der Waals surface area (Å²) >= 11 is 0. The first kappa shape index (κ1) is 13.4. The van der Waals surface area contributed by atoms with Crippen molar-refractivity contribution in [2.75, 3.05) is 7.05 Å². The molecule has 1 nitrogen and oxygen atoms in total. The Morgan fingerprint density at radius 1 is 1.05 bits per heavy atom. The number of likely N-dealkylation sites (N-methyl/N-ethyl adjacent to an activating group) is 1. The van der Waals surface area contributed by atoms with E-state index < -0.39 is 0 Å². The zero-order chi connectivity index (χ0) is 13.9. The summed E-state index contributed by atoms with van der Waals surface area (Å²) < 4.78 is 0. The van der Waals surface area contributed by atoms with Gasteiger partial charge in [0.05, 0.1) is 0 Å². The quantitative estimate of drug-likeness (QED) is 0.868. The Kier molecular flexibility index (Phi) is 3.88. The van der Waals surface area contributed by atoms with Crippen molar-refractivity contribution in [2.45, 2.75) is 38.1 Å². The van der Waals surface area contributed by atoms with Crippen molar-refractivity contribution in [3.8, 4) is 0 Å². The first-order valence-corrected chi connectivity index (χ1v) is 7.61. The second-order valence-corrected chi connectivity index (χ2v) is 5.87. The molecule has 0 heterocycles. The summed E-state index contributed by atoms with van der Waals surface area (Å²) in [5.41, 5.74) is 5.81. The van der Waals surface area contributed by atoms with Crippen LogP contribution < -0.4 is 5.32 Å². The van der Waals surface area contributed by atoms with Gasteiger partial charge in [-0.25, -0.2) is 0 Å². The Morgan fingerprint density at radius 3 is 2.55 bits per heavy atom. The smallest absolute Gasteiger partial charge is 0.0387 e. The molecule has 0 aromatic heterocycles. The SMILES string of the molecule is CNC(c1ccc(C)cc1)C1CCCc2ccccc21. The van der Waals surface area contributed by atoms with E-state index in [0.717, 1.165) is 0 Å². The molecule has 1 aliphatic carbocycles. The number of hydrogen-bond acceptors (Lipinski definition) is 1. The van der Waals surface area contributed by atoms with Crippen LogP contribution in [0.1, 0.15) is 47.1 Å². The number of nitrogens with one attached hydrogen (secondary N) is 1. The van der Waals surface area contributed by atoms with E-state index in [-0.39, 0.29) is 0 Å². The highest BCUT2D eigenvalue weighted by Crippen LogP contribution is 2.40. The van der Waals surface area contributed by atoms with Gasteiger partial charge < -0.3 is 5.32 Å². The van der Waals surface area contributed by atoms with Crippen LogP contribution in [0.5, 0.6) is 0 Å². The standard InChI is InChI=1S/C19H23N/c1-14-10-12-16(13-11-14)19(20-2)18-9-5-7-15-6-3-4-8-17(15)18/h3-4,6,8,10-13,18-20H,5,7,9H2,1-2H3. The summed E-state index contributed by atoms with van der Waals surface area (Å²) in [6.07, 6.45) is 3.80. The number of benzene rings is 2. The zero-order valence-electron chi connectivity index (χ0n) is 12.4. The molecule has 0 amide bonds. The van der Waals surface area contributed by atoms with Crippen LogP contribution in [-0.2, 0) is 6.42 Å². The number of fused-ring (bicyclic) bond motifs is 1. The van der Waals surface area contributed by atoms with Gasteiger partial charge in [-0.05, 0) is 49.9 Å². The predicted octanol–water partition coefficient (Wildman–Crippen LogP) is 4.38. The number of aryl methyl sites for hydroxylation is 2. The molecule has 1 N–H and O–H groups in total. The molecule has 2 unspecified atom stereocenters. The summed E-state index contributed by atoms with van der Waals surface area (Å²) in [5.74, 6) is 0.590.